The van der Waals surface area contributed by atoms with Gasteiger partial charge in [0.15, 0.2) is 11.5 Å². The lowest BCUT2D eigenvalue weighted by Crippen LogP contribution is -2.30. The van der Waals surface area contributed by atoms with Crippen molar-refractivity contribution in [3.63, 3.8) is 0 Å². The number of fused-ring (bicyclic) bond motifs is 1. The summed E-state index contributed by atoms with van der Waals surface area (Å²) in [6.07, 6.45) is 0.335. The van der Waals surface area contributed by atoms with Gasteiger partial charge in [-0.25, -0.2) is 4.98 Å². The van der Waals surface area contributed by atoms with Gasteiger partial charge in [-0.05, 0) is 17.7 Å². The van der Waals surface area contributed by atoms with Crippen LogP contribution in [0.3, 0.4) is 0 Å². The summed E-state index contributed by atoms with van der Waals surface area (Å²) in [4.78, 5) is 15.7. The second-order valence-electron chi connectivity index (χ2n) is 3.85. The number of carbonyl (C=O) groups excluding carboxylic acids is 1. The summed E-state index contributed by atoms with van der Waals surface area (Å²) >= 11 is 0. The molecule has 0 aliphatic rings. The molecule has 0 saturated carbocycles. The molecule has 1 heterocycles. The standard InChI is InChI=1S/C12H15N3O2/c1-8-15-10-6-9(2-3-11(10)17-8)7-12(16)14-5-4-13/h2-3,6H,4-5,7,13H2,1H3,(H,14,16). The highest BCUT2D eigenvalue weighted by atomic mass is 16.3. The fourth-order valence-electron chi connectivity index (χ4n) is 1.66. The highest BCUT2D eigenvalue weighted by Crippen LogP contribution is 2.16. The Labute approximate surface area is 99.0 Å². The molecular weight excluding hydrogens is 218 g/mol. The van der Waals surface area contributed by atoms with Gasteiger partial charge in [-0.15, -0.1) is 0 Å². The lowest BCUT2D eigenvalue weighted by atomic mass is 10.1. The van der Waals surface area contributed by atoms with Crippen molar-refractivity contribution in [1.29, 1.82) is 0 Å². The summed E-state index contributed by atoms with van der Waals surface area (Å²) in [6, 6.07) is 5.57. The SMILES string of the molecule is Cc1nc2cc(CC(=O)NCCN)ccc2o1. The van der Waals surface area contributed by atoms with Crippen molar-refractivity contribution in [1.82, 2.24) is 10.3 Å². The molecule has 3 N–H and O–H groups in total. The molecule has 0 radical (unpaired) electrons. The van der Waals surface area contributed by atoms with Crippen LogP contribution in [-0.2, 0) is 11.2 Å². The third-order valence-electron chi connectivity index (χ3n) is 2.39. The van der Waals surface area contributed by atoms with Crippen LogP contribution in [0.5, 0.6) is 0 Å². The minimum absolute atomic E-state index is 0.0324. The topological polar surface area (TPSA) is 81.2 Å². The maximum absolute atomic E-state index is 11.5. The van der Waals surface area contributed by atoms with Gasteiger partial charge in [0.1, 0.15) is 5.52 Å². The van der Waals surface area contributed by atoms with E-state index in [4.69, 9.17) is 10.2 Å². The van der Waals surface area contributed by atoms with Crippen molar-refractivity contribution in [2.24, 2.45) is 5.73 Å². The summed E-state index contributed by atoms with van der Waals surface area (Å²) in [6.45, 7) is 2.75. The number of nitrogens with two attached hydrogens (primary N) is 1. The Morgan fingerprint density at radius 3 is 3.12 bits per heavy atom. The fourth-order valence-corrected chi connectivity index (χ4v) is 1.66. The van der Waals surface area contributed by atoms with Crippen molar-refractivity contribution in [2.45, 2.75) is 13.3 Å². The van der Waals surface area contributed by atoms with E-state index >= 15 is 0 Å². The van der Waals surface area contributed by atoms with Crippen LogP contribution in [0, 0.1) is 6.92 Å². The Morgan fingerprint density at radius 1 is 1.53 bits per heavy atom. The number of hydrogen-bond acceptors (Lipinski definition) is 4. The summed E-state index contributed by atoms with van der Waals surface area (Å²) in [5.41, 5.74) is 7.76. The quantitative estimate of drug-likeness (QED) is 0.816. The van der Waals surface area contributed by atoms with Crippen molar-refractivity contribution < 1.29 is 9.21 Å². The number of aryl methyl sites for hydroxylation is 1. The monoisotopic (exact) mass is 233 g/mol. The van der Waals surface area contributed by atoms with E-state index in [1.165, 1.54) is 0 Å². The maximum atomic E-state index is 11.5. The Kier molecular flexibility index (Phi) is 3.39. The van der Waals surface area contributed by atoms with E-state index in [0.29, 0.717) is 25.4 Å². The van der Waals surface area contributed by atoms with Gasteiger partial charge in [-0.1, -0.05) is 6.07 Å². The lowest BCUT2D eigenvalue weighted by Gasteiger charge is -2.03. The second-order valence-corrected chi connectivity index (χ2v) is 3.85. The predicted octanol–water partition coefficient (Wildman–Crippen LogP) is 0.754. The van der Waals surface area contributed by atoms with E-state index in [0.717, 1.165) is 16.7 Å². The van der Waals surface area contributed by atoms with Crippen LogP contribution in [0.2, 0.25) is 0 Å². The van der Waals surface area contributed by atoms with Gasteiger partial charge in [0.25, 0.3) is 0 Å². The molecule has 17 heavy (non-hydrogen) atoms. The van der Waals surface area contributed by atoms with Gasteiger partial charge in [0.2, 0.25) is 5.91 Å². The van der Waals surface area contributed by atoms with Crippen LogP contribution >= 0.6 is 0 Å². The van der Waals surface area contributed by atoms with Gasteiger partial charge in [0.05, 0.1) is 6.42 Å². The number of amides is 1. The number of carbonyl (C=O) groups is 1. The molecule has 1 aromatic heterocycles. The van der Waals surface area contributed by atoms with Crippen molar-refractivity contribution >= 4 is 17.0 Å². The third-order valence-corrected chi connectivity index (χ3v) is 2.39. The highest BCUT2D eigenvalue weighted by Gasteiger charge is 2.06. The first-order valence-electron chi connectivity index (χ1n) is 5.52. The van der Waals surface area contributed by atoms with E-state index in [1.807, 2.05) is 18.2 Å². The molecule has 0 atom stereocenters. The number of nitrogens with zero attached hydrogens (tertiary/aromatic N) is 1. The molecule has 1 amide bonds. The third kappa shape index (κ3) is 2.82. The summed E-state index contributed by atoms with van der Waals surface area (Å²) in [5.74, 6) is 0.597. The van der Waals surface area contributed by atoms with Crippen LogP contribution in [0.4, 0.5) is 0 Å². The average Bonchev–Trinajstić information content (AvgIpc) is 2.65. The molecule has 90 valence electrons. The molecule has 0 unspecified atom stereocenters. The number of rotatable bonds is 4. The van der Waals surface area contributed by atoms with Gasteiger partial charge in [-0.2, -0.15) is 0 Å². The van der Waals surface area contributed by atoms with Crippen LogP contribution in [0.1, 0.15) is 11.5 Å². The molecule has 0 bridgehead atoms. The van der Waals surface area contributed by atoms with E-state index in [2.05, 4.69) is 10.3 Å². The number of benzene rings is 1. The molecule has 0 aliphatic carbocycles. The molecule has 5 nitrogen and oxygen atoms in total. The van der Waals surface area contributed by atoms with Gasteiger partial charge < -0.3 is 15.5 Å². The smallest absolute Gasteiger partial charge is 0.224 e. The molecule has 0 fully saturated rings. The molecule has 0 aliphatic heterocycles. The summed E-state index contributed by atoms with van der Waals surface area (Å²) < 4.78 is 5.36. The first kappa shape index (κ1) is 11.6. The second kappa shape index (κ2) is 4.97. The van der Waals surface area contributed by atoms with Gasteiger partial charge in [0, 0.05) is 20.0 Å². The maximum Gasteiger partial charge on any atom is 0.224 e. The van der Waals surface area contributed by atoms with E-state index in [9.17, 15) is 4.79 Å². The molecule has 0 saturated heterocycles. The molecule has 5 heteroatoms. The lowest BCUT2D eigenvalue weighted by molar-refractivity contribution is -0.120. The van der Waals surface area contributed by atoms with Crippen molar-refractivity contribution in [3.8, 4) is 0 Å². The summed E-state index contributed by atoms with van der Waals surface area (Å²) in [7, 11) is 0. The normalized spacial score (nSPS) is 10.7. The fraction of sp³-hybridized carbons (Fsp3) is 0.333. The molecule has 2 rings (SSSR count). The predicted molar refractivity (Wildman–Crippen MR) is 64.5 cm³/mol. The van der Waals surface area contributed by atoms with Crippen LogP contribution < -0.4 is 11.1 Å². The minimum atomic E-state index is -0.0324. The number of oxazole rings is 1. The van der Waals surface area contributed by atoms with Gasteiger partial charge >= 0.3 is 0 Å². The Balaban J connectivity index is 2.10. The number of aromatic nitrogens is 1. The molecular formula is C12H15N3O2. The van der Waals surface area contributed by atoms with Crippen molar-refractivity contribution in [2.75, 3.05) is 13.1 Å². The van der Waals surface area contributed by atoms with Crippen LogP contribution in [0.15, 0.2) is 22.6 Å². The van der Waals surface area contributed by atoms with E-state index in [1.54, 1.807) is 6.92 Å². The Bertz CT molecular complexity index is 534. The minimum Gasteiger partial charge on any atom is -0.441 e. The summed E-state index contributed by atoms with van der Waals surface area (Å²) in [5, 5.41) is 2.73. The average molecular weight is 233 g/mol. The number of hydrogen-bond donors (Lipinski definition) is 2. The Morgan fingerprint density at radius 2 is 2.35 bits per heavy atom. The molecule has 1 aromatic carbocycles. The number of nitrogens with one attached hydrogen (secondary N) is 1. The van der Waals surface area contributed by atoms with Crippen molar-refractivity contribution in [3.05, 3.63) is 29.7 Å². The molecule has 2 aromatic rings. The zero-order valence-electron chi connectivity index (χ0n) is 9.69. The van der Waals surface area contributed by atoms with Crippen LogP contribution in [-0.4, -0.2) is 24.0 Å². The first-order valence-corrected chi connectivity index (χ1v) is 5.52. The van der Waals surface area contributed by atoms with Gasteiger partial charge in [-0.3, -0.25) is 4.79 Å². The zero-order chi connectivity index (χ0) is 12.3. The largest absolute Gasteiger partial charge is 0.441 e. The molecule has 0 spiro atoms. The Hall–Kier alpha value is -1.88. The highest BCUT2D eigenvalue weighted by molar-refractivity contribution is 5.81. The van der Waals surface area contributed by atoms with E-state index < -0.39 is 0 Å². The zero-order valence-corrected chi connectivity index (χ0v) is 9.69. The van der Waals surface area contributed by atoms with E-state index in [-0.39, 0.29) is 5.91 Å². The first-order chi connectivity index (χ1) is 8.19. The van der Waals surface area contributed by atoms with Crippen LogP contribution in [0.25, 0.3) is 11.1 Å².